The van der Waals surface area contributed by atoms with Crippen LogP contribution < -0.4 is 0 Å². The highest BCUT2D eigenvalue weighted by molar-refractivity contribution is 5.74. The molecule has 1 fully saturated rings. The molecule has 2 heterocycles. The van der Waals surface area contributed by atoms with Crippen LogP contribution in [0, 0.1) is 0 Å². The summed E-state index contributed by atoms with van der Waals surface area (Å²) in [6, 6.07) is 9.67. The summed E-state index contributed by atoms with van der Waals surface area (Å²) in [6.07, 6.45) is 1.96. The predicted molar refractivity (Wildman–Crippen MR) is 69.9 cm³/mol. The van der Waals surface area contributed by atoms with Crippen molar-refractivity contribution in [2.45, 2.75) is 12.0 Å². The molecule has 0 spiro atoms. The second-order valence-corrected chi connectivity index (χ2v) is 5.02. The van der Waals surface area contributed by atoms with Gasteiger partial charge in [0.2, 0.25) is 0 Å². The van der Waals surface area contributed by atoms with Crippen LogP contribution in [0.1, 0.15) is 5.56 Å². The second-order valence-electron chi connectivity index (χ2n) is 5.02. The molecule has 6 heteroatoms. The Morgan fingerprint density at radius 2 is 2.05 bits per heavy atom. The van der Waals surface area contributed by atoms with E-state index in [-0.39, 0.29) is 13.2 Å². The lowest BCUT2D eigenvalue weighted by Crippen LogP contribution is -2.56. The lowest BCUT2D eigenvalue weighted by Gasteiger charge is -2.39. The molecule has 104 valence electrons. The van der Waals surface area contributed by atoms with Crippen molar-refractivity contribution < 1.29 is 19.4 Å². The van der Waals surface area contributed by atoms with Crippen molar-refractivity contribution in [3.63, 3.8) is 0 Å². The summed E-state index contributed by atoms with van der Waals surface area (Å²) in [4.78, 5) is 25.6. The highest BCUT2D eigenvalue weighted by Crippen LogP contribution is 2.32. The van der Waals surface area contributed by atoms with Crippen molar-refractivity contribution in [3.05, 3.63) is 48.3 Å². The first-order chi connectivity index (χ1) is 9.61. The van der Waals surface area contributed by atoms with Crippen molar-refractivity contribution in [1.29, 1.82) is 0 Å². The molecule has 1 aromatic rings. The first-order valence-electron chi connectivity index (χ1n) is 6.29. The number of rotatable bonds is 2. The highest BCUT2D eigenvalue weighted by atomic mass is 16.6. The molecule has 0 radical (unpaired) electrons. The number of cyclic esters (lactones) is 1. The van der Waals surface area contributed by atoms with Crippen LogP contribution in [0.3, 0.4) is 0 Å². The van der Waals surface area contributed by atoms with Gasteiger partial charge < -0.3 is 9.84 Å². The molecule has 20 heavy (non-hydrogen) atoms. The SMILES string of the molecule is O=C(O)N1C=CN2C(=O)OCC2(Cc2ccccc2)C1. The minimum absolute atomic E-state index is 0.189. The molecule has 2 aliphatic rings. The number of hydrogen-bond acceptors (Lipinski definition) is 3. The third-order valence-corrected chi connectivity index (χ3v) is 3.65. The molecular weight excluding hydrogens is 260 g/mol. The third-order valence-electron chi connectivity index (χ3n) is 3.65. The van der Waals surface area contributed by atoms with Crippen LogP contribution in [0.5, 0.6) is 0 Å². The number of benzene rings is 1. The van der Waals surface area contributed by atoms with Gasteiger partial charge in [-0.2, -0.15) is 0 Å². The maximum atomic E-state index is 11.8. The van der Waals surface area contributed by atoms with Gasteiger partial charge >= 0.3 is 12.2 Å². The van der Waals surface area contributed by atoms with Crippen LogP contribution in [-0.2, 0) is 11.2 Å². The molecule has 0 aliphatic carbocycles. The fourth-order valence-electron chi connectivity index (χ4n) is 2.69. The Balaban J connectivity index is 1.93. The average Bonchev–Trinajstić information content (AvgIpc) is 2.76. The molecule has 1 saturated heterocycles. The number of carbonyl (C=O) groups is 2. The molecule has 0 bridgehead atoms. The fourth-order valence-corrected chi connectivity index (χ4v) is 2.69. The maximum absolute atomic E-state index is 11.8. The Kier molecular flexibility index (Phi) is 2.85. The van der Waals surface area contributed by atoms with E-state index in [0.717, 1.165) is 5.56 Å². The largest absolute Gasteiger partial charge is 0.465 e. The summed E-state index contributed by atoms with van der Waals surface area (Å²) in [6.45, 7) is 0.397. The number of carbonyl (C=O) groups excluding carboxylic acids is 1. The average molecular weight is 274 g/mol. The molecule has 2 amide bonds. The summed E-state index contributed by atoms with van der Waals surface area (Å²) in [5.41, 5.74) is 0.377. The van der Waals surface area contributed by atoms with Crippen molar-refractivity contribution in [2.75, 3.05) is 13.2 Å². The van der Waals surface area contributed by atoms with Crippen molar-refractivity contribution in [2.24, 2.45) is 0 Å². The van der Waals surface area contributed by atoms with Crippen LogP contribution in [0.25, 0.3) is 0 Å². The van der Waals surface area contributed by atoms with E-state index in [0.29, 0.717) is 6.42 Å². The van der Waals surface area contributed by atoms with Crippen LogP contribution in [0.4, 0.5) is 9.59 Å². The van der Waals surface area contributed by atoms with Gasteiger partial charge in [0.25, 0.3) is 0 Å². The molecule has 1 N–H and O–H groups in total. The summed E-state index contributed by atoms with van der Waals surface area (Å²) < 4.78 is 5.12. The van der Waals surface area contributed by atoms with Gasteiger partial charge in [-0.05, 0) is 5.56 Å². The van der Waals surface area contributed by atoms with Gasteiger partial charge in [0.15, 0.2) is 0 Å². The van der Waals surface area contributed by atoms with Crippen LogP contribution in [-0.4, -0.2) is 45.8 Å². The summed E-state index contributed by atoms with van der Waals surface area (Å²) >= 11 is 0. The summed E-state index contributed by atoms with van der Waals surface area (Å²) in [5.74, 6) is 0. The minimum Gasteiger partial charge on any atom is -0.465 e. The first-order valence-corrected chi connectivity index (χ1v) is 6.29. The smallest absolute Gasteiger partial charge is 0.414 e. The Morgan fingerprint density at radius 3 is 2.75 bits per heavy atom. The quantitative estimate of drug-likeness (QED) is 0.894. The number of nitrogens with zero attached hydrogens (tertiary/aromatic N) is 2. The highest BCUT2D eigenvalue weighted by Gasteiger charge is 2.50. The number of ether oxygens (including phenoxy) is 1. The molecule has 1 aromatic carbocycles. The second kappa shape index (κ2) is 4.56. The van der Waals surface area contributed by atoms with E-state index in [1.54, 1.807) is 0 Å². The van der Waals surface area contributed by atoms with Gasteiger partial charge in [-0.1, -0.05) is 30.3 Å². The van der Waals surface area contributed by atoms with Gasteiger partial charge in [-0.25, -0.2) is 9.59 Å². The topological polar surface area (TPSA) is 70.1 Å². The van der Waals surface area contributed by atoms with Gasteiger partial charge in [0.1, 0.15) is 12.1 Å². The zero-order valence-electron chi connectivity index (χ0n) is 10.7. The zero-order chi connectivity index (χ0) is 14.2. The van der Waals surface area contributed by atoms with E-state index in [1.807, 2.05) is 30.3 Å². The maximum Gasteiger partial charge on any atom is 0.414 e. The van der Waals surface area contributed by atoms with Crippen LogP contribution in [0.15, 0.2) is 42.7 Å². The first kappa shape index (κ1) is 12.5. The van der Waals surface area contributed by atoms with Gasteiger partial charge in [-0.15, -0.1) is 0 Å². The van der Waals surface area contributed by atoms with Crippen molar-refractivity contribution >= 4 is 12.2 Å². The Hall–Kier alpha value is -2.50. The standard InChI is InChI=1S/C14H14N2O4/c17-12(18)15-6-7-16-13(19)20-10-14(16,9-15)8-11-4-2-1-3-5-11/h1-7H,8-10H2,(H,17,18). The fraction of sp³-hybridized carbons (Fsp3) is 0.286. The monoisotopic (exact) mass is 274 g/mol. The molecule has 0 aromatic heterocycles. The molecule has 1 atom stereocenters. The van der Waals surface area contributed by atoms with E-state index in [1.165, 1.54) is 22.2 Å². The molecule has 6 nitrogen and oxygen atoms in total. The van der Waals surface area contributed by atoms with Crippen molar-refractivity contribution in [3.8, 4) is 0 Å². The van der Waals surface area contributed by atoms with E-state index >= 15 is 0 Å². The van der Waals surface area contributed by atoms with Gasteiger partial charge in [0.05, 0.1) is 6.54 Å². The summed E-state index contributed by atoms with van der Waals surface area (Å²) in [5, 5.41) is 9.14. The van der Waals surface area contributed by atoms with E-state index in [9.17, 15) is 9.59 Å². The number of fused-ring (bicyclic) bond motifs is 1. The number of carboxylic acid groups (broad SMARTS) is 1. The zero-order valence-corrected chi connectivity index (χ0v) is 10.7. The lowest BCUT2D eigenvalue weighted by molar-refractivity contribution is 0.113. The predicted octanol–water partition coefficient (Wildman–Crippen LogP) is 1.88. The third kappa shape index (κ3) is 1.99. The van der Waals surface area contributed by atoms with Gasteiger partial charge in [0, 0.05) is 18.8 Å². The Bertz CT molecular complexity index is 572. The minimum atomic E-state index is -1.03. The van der Waals surface area contributed by atoms with E-state index in [4.69, 9.17) is 9.84 Å². The van der Waals surface area contributed by atoms with Crippen LogP contribution in [0.2, 0.25) is 0 Å². The van der Waals surface area contributed by atoms with E-state index in [2.05, 4.69) is 0 Å². The normalized spacial score (nSPS) is 24.5. The Labute approximate surface area is 115 Å². The number of amides is 2. The van der Waals surface area contributed by atoms with E-state index < -0.39 is 17.7 Å². The molecule has 2 aliphatic heterocycles. The Morgan fingerprint density at radius 1 is 1.30 bits per heavy atom. The number of hydrogen-bond donors (Lipinski definition) is 1. The lowest BCUT2D eigenvalue weighted by atomic mass is 9.89. The molecular formula is C14H14N2O4. The van der Waals surface area contributed by atoms with Crippen LogP contribution >= 0.6 is 0 Å². The molecule has 0 saturated carbocycles. The molecule has 3 rings (SSSR count). The van der Waals surface area contributed by atoms with Gasteiger partial charge in [-0.3, -0.25) is 9.80 Å². The molecule has 1 unspecified atom stereocenters. The van der Waals surface area contributed by atoms with Crippen molar-refractivity contribution in [1.82, 2.24) is 9.80 Å². The summed E-state index contributed by atoms with van der Waals surface area (Å²) in [7, 11) is 0.